The van der Waals surface area contributed by atoms with Crippen LogP contribution in [0.1, 0.15) is 11.1 Å². The molecule has 3 N–H and O–H groups in total. The van der Waals surface area contributed by atoms with Crippen LogP contribution in [0, 0.1) is 5.82 Å². The second kappa shape index (κ2) is 6.74. The van der Waals surface area contributed by atoms with Gasteiger partial charge in [0.25, 0.3) is 0 Å². The summed E-state index contributed by atoms with van der Waals surface area (Å²) in [5.74, 6) is -0.372. The Hall–Kier alpha value is -2.57. The summed E-state index contributed by atoms with van der Waals surface area (Å²) in [5, 5.41) is 21.7. The first-order valence-corrected chi connectivity index (χ1v) is 6.13. The van der Waals surface area contributed by atoms with Gasteiger partial charge >= 0.3 is 0 Å². The molecule has 0 aliphatic heterocycles. The first-order chi connectivity index (χ1) is 10.1. The third kappa shape index (κ3) is 3.95. The van der Waals surface area contributed by atoms with Crippen LogP contribution >= 0.6 is 0 Å². The number of rotatable bonds is 5. The second-order valence-corrected chi connectivity index (χ2v) is 4.18. The van der Waals surface area contributed by atoms with Gasteiger partial charge in [-0.05, 0) is 42.0 Å². The average Bonchev–Trinajstić information content (AvgIpc) is 2.49. The predicted molar refractivity (Wildman–Crippen MR) is 77.6 cm³/mol. The molecule has 0 atom stereocenters. The maximum atomic E-state index is 13.0. The summed E-state index contributed by atoms with van der Waals surface area (Å²) in [6.07, 6.45) is 1.42. The Morgan fingerprint density at radius 3 is 2.29 bits per heavy atom. The molecule has 1 heterocycles. The van der Waals surface area contributed by atoms with Crippen LogP contribution in [-0.2, 0) is 0 Å². The maximum absolute atomic E-state index is 13.0. The molecule has 1 aromatic carbocycles. The number of halogens is 1. The minimum Gasteiger partial charge on any atom is -0.350 e. The number of aromatic nitrogens is 1. The van der Waals surface area contributed by atoms with E-state index in [9.17, 15) is 4.39 Å². The van der Waals surface area contributed by atoms with E-state index in [0.717, 1.165) is 5.56 Å². The highest BCUT2D eigenvalue weighted by Crippen LogP contribution is 2.18. The molecule has 0 unspecified atom stereocenters. The molecule has 0 fully saturated rings. The Morgan fingerprint density at radius 1 is 1.10 bits per heavy atom. The zero-order chi connectivity index (χ0) is 15.2. The van der Waals surface area contributed by atoms with Crippen molar-refractivity contribution in [2.24, 2.45) is 5.10 Å². The van der Waals surface area contributed by atoms with Crippen molar-refractivity contribution in [1.29, 1.82) is 0 Å². The second-order valence-electron chi connectivity index (χ2n) is 4.18. The number of hydrogen-bond acceptors (Lipinski definition) is 5. The van der Waals surface area contributed by atoms with Gasteiger partial charge in [0.15, 0.2) is 0 Å². The highest BCUT2D eigenvalue weighted by Gasteiger charge is 2.11. The van der Waals surface area contributed by atoms with E-state index in [-0.39, 0.29) is 5.82 Å². The number of hydrazone groups is 1. The molecule has 5 nitrogen and oxygen atoms in total. The molecule has 0 amide bonds. The summed E-state index contributed by atoms with van der Waals surface area (Å²) in [5.41, 5.74) is 4.40. The molecule has 0 saturated heterocycles. The van der Waals surface area contributed by atoms with Gasteiger partial charge in [-0.25, -0.2) is 4.39 Å². The Kier molecular flexibility index (Phi) is 4.76. The van der Waals surface area contributed by atoms with E-state index in [1.54, 1.807) is 24.5 Å². The fraction of sp³-hybridized carbons (Fsp3) is 0.0667. The van der Waals surface area contributed by atoms with Gasteiger partial charge in [0.2, 0.25) is 6.41 Å². The molecule has 0 saturated carbocycles. The summed E-state index contributed by atoms with van der Waals surface area (Å²) in [7, 11) is 0. The van der Waals surface area contributed by atoms with Crippen LogP contribution in [0.3, 0.4) is 0 Å². The molecular formula is C15H14FN3O2. The zero-order valence-electron chi connectivity index (χ0n) is 11.1. The lowest BCUT2D eigenvalue weighted by Gasteiger charge is -2.12. The number of nitrogens with one attached hydrogen (secondary N) is 1. The molecule has 2 aromatic rings. The summed E-state index contributed by atoms with van der Waals surface area (Å²) in [4.78, 5) is 3.92. The summed E-state index contributed by atoms with van der Waals surface area (Å²) >= 11 is 0. The monoisotopic (exact) mass is 287 g/mol. The highest BCUT2D eigenvalue weighted by atomic mass is 19.1. The van der Waals surface area contributed by atoms with Crippen LogP contribution in [0.2, 0.25) is 0 Å². The van der Waals surface area contributed by atoms with Gasteiger partial charge in [0.05, 0.1) is 5.71 Å². The molecule has 2 rings (SSSR count). The van der Waals surface area contributed by atoms with E-state index >= 15 is 0 Å². The van der Waals surface area contributed by atoms with E-state index in [1.165, 1.54) is 24.3 Å². The van der Waals surface area contributed by atoms with Crippen molar-refractivity contribution in [2.45, 2.75) is 6.41 Å². The number of benzene rings is 1. The van der Waals surface area contributed by atoms with Crippen LogP contribution in [0.4, 0.5) is 4.39 Å². The zero-order valence-corrected chi connectivity index (χ0v) is 11.1. The van der Waals surface area contributed by atoms with Gasteiger partial charge in [-0.1, -0.05) is 6.58 Å². The van der Waals surface area contributed by atoms with Crippen LogP contribution < -0.4 is 5.43 Å². The lowest BCUT2D eigenvalue weighted by molar-refractivity contribution is -0.0649. The average molecular weight is 287 g/mol. The van der Waals surface area contributed by atoms with Crippen molar-refractivity contribution in [2.75, 3.05) is 0 Å². The van der Waals surface area contributed by atoms with Crippen LogP contribution in [-0.4, -0.2) is 27.3 Å². The summed E-state index contributed by atoms with van der Waals surface area (Å²) in [6.45, 7) is 3.95. The minimum absolute atomic E-state index is 0.370. The minimum atomic E-state index is -1.80. The van der Waals surface area contributed by atoms with Crippen molar-refractivity contribution in [3.05, 3.63) is 72.3 Å². The highest BCUT2D eigenvalue weighted by molar-refractivity contribution is 6.31. The molecule has 0 aliphatic carbocycles. The van der Waals surface area contributed by atoms with Gasteiger partial charge in [-0.2, -0.15) is 5.10 Å². The van der Waals surface area contributed by atoms with Crippen LogP contribution in [0.15, 0.2) is 60.5 Å². The Bertz CT molecular complexity index is 640. The molecular weight excluding hydrogens is 273 g/mol. The Morgan fingerprint density at radius 2 is 1.71 bits per heavy atom. The van der Waals surface area contributed by atoms with Crippen molar-refractivity contribution in [3.8, 4) is 0 Å². The maximum Gasteiger partial charge on any atom is 0.248 e. The van der Waals surface area contributed by atoms with Crippen molar-refractivity contribution < 1.29 is 14.6 Å². The number of pyridine rings is 1. The van der Waals surface area contributed by atoms with Crippen molar-refractivity contribution >= 4 is 11.3 Å². The fourth-order valence-electron chi connectivity index (χ4n) is 1.73. The standard InChI is InChI=1S/C15H14FN3O2/c1-10(11-6-8-17-9-7-11)14(18-19-15(20)21)12-2-4-13(16)5-3-12/h2-9,15,19-21H,1H2/b18-14+. The lowest BCUT2D eigenvalue weighted by atomic mass is 9.98. The summed E-state index contributed by atoms with van der Waals surface area (Å²) < 4.78 is 13.0. The molecule has 1 aromatic heterocycles. The molecule has 0 aliphatic rings. The Labute approximate surface area is 121 Å². The molecule has 0 bridgehead atoms. The Balaban J connectivity index is 2.39. The largest absolute Gasteiger partial charge is 0.350 e. The number of aliphatic hydroxyl groups is 2. The quantitative estimate of drug-likeness (QED) is 0.442. The first kappa shape index (κ1) is 14.8. The SMILES string of the molecule is C=C(/C(=N\NC(O)O)c1ccc(F)cc1)c1ccncc1. The first-order valence-electron chi connectivity index (χ1n) is 6.13. The predicted octanol–water partition coefficient (Wildman–Crippen LogP) is 1.50. The molecule has 108 valence electrons. The van der Waals surface area contributed by atoms with E-state index in [0.29, 0.717) is 16.8 Å². The number of hydrogen-bond donors (Lipinski definition) is 3. The van der Waals surface area contributed by atoms with E-state index in [4.69, 9.17) is 10.2 Å². The molecule has 0 spiro atoms. The van der Waals surface area contributed by atoms with Crippen LogP contribution in [0.5, 0.6) is 0 Å². The number of nitrogens with zero attached hydrogens (tertiary/aromatic N) is 2. The van der Waals surface area contributed by atoms with E-state index < -0.39 is 6.41 Å². The van der Waals surface area contributed by atoms with Gasteiger partial charge in [-0.15, -0.1) is 0 Å². The van der Waals surface area contributed by atoms with Gasteiger partial charge in [-0.3, -0.25) is 10.4 Å². The number of allylic oxidation sites excluding steroid dienone is 1. The summed E-state index contributed by atoms with van der Waals surface area (Å²) in [6, 6.07) is 9.14. The van der Waals surface area contributed by atoms with E-state index in [1.807, 2.05) is 0 Å². The molecule has 0 radical (unpaired) electrons. The smallest absolute Gasteiger partial charge is 0.248 e. The van der Waals surface area contributed by atoms with Gasteiger partial charge in [0.1, 0.15) is 5.82 Å². The van der Waals surface area contributed by atoms with Gasteiger partial charge in [0, 0.05) is 23.5 Å². The van der Waals surface area contributed by atoms with Gasteiger partial charge < -0.3 is 10.2 Å². The third-order valence-corrected chi connectivity index (χ3v) is 2.72. The molecule has 21 heavy (non-hydrogen) atoms. The number of aliphatic hydroxyl groups excluding tert-OH is 1. The third-order valence-electron chi connectivity index (χ3n) is 2.72. The van der Waals surface area contributed by atoms with Crippen LogP contribution in [0.25, 0.3) is 5.57 Å². The van der Waals surface area contributed by atoms with E-state index in [2.05, 4.69) is 22.1 Å². The topological polar surface area (TPSA) is 77.7 Å². The fourth-order valence-corrected chi connectivity index (χ4v) is 1.73. The lowest BCUT2D eigenvalue weighted by Crippen LogP contribution is -2.24. The normalized spacial score (nSPS) is 11.5. The van der Waals surface area contributed by atoms with Crippen molar-refractivity contribution in [3.63, 3.8) is 0 Å². The molecule has 6 heteroatoms. The van der Waals surface area contributed by atoms with Crippen molar-refractivity contribution in [1.82, 2.24) is 10.4 Å².